The van der Waals surface area contributed by atoms with Crippen LogP contribution in [0, 0.1) is 0 Å². The third-order valence-electron chi connectivity index (χ3n) is 2.34. The van der Waals surface area contributed by atoms with Crippen molar-refractivity contribution in [3.8, 4) is 0 Å². The van der Waals surface area contributed by atoms with Crippen LogP contribution in [0.15, 0.2) is 21.5 Å². The minimum absolute atomic E-state index is 0.148. The predicted octanol–water partition coefficient (Wildman–Crippen LogP) is 1.77. The van der Waals surface area contributed by atoms with E-state index in [9.17, 15) is 9.59 Å². The lowest BCUT2D eigenvalue weighted by atomic mass is 10.1. The van der Waals surface area contributed by atoms with Gasteiger partial charge in [-0.2, -0.15) is 5.06 Å². The molecule has 1 aromatic rings. The Morgan fingerprint density at radius 2 is 2.35 bits per heavy atom. The maximum absolute atomic E-state index is 11.7. The molecule has 1 amide bonds. The Morgan fingerprint density at radius 1 is 1.59 bits per heavy atom. The molecule has 0 radical (unpaired) electrons. The normalized spacial score (nSPS) is 14.0. The van der Waals surface area contributed by atoms with E-state index in [1.54, 1.807) is 12.1 Å². The molecule has 1 aliphatic heterocycles. The molecule has 0 bridgehead atoms. The first-order valence-electron chi connectivity index (χ1n) is 4.71. The number of benzene rings is 1. The van der Waals surface area contributed by atoms with Gasteiger partial charge >= 0.3 is 6.47 Å². The summed E-state index contributed by atoms with van der Waals surface area (Å²) >= 11 is 4.94. The summed E-state index contributed by atoms with van der Waals surface area (Å²) in [4.78, 5) is 27.8. The number of nitrogens with zero attached hydrogens (tertiary/aromatic N) is 1. The Bertz CT molecular complexity index is 481. The second kappa shape index (κ2) is 4.97. The summed E-state index contributed by atoms with van der Waals surface area (Å²) in [5.74, 6) is -0.173. The van der Waals surface area contributed by atoms with Gasteiger partial charge in [0, 0.05) is 9.37 Å². The quantitative estimate of drug-likeness (QED) is 0.680. The van der Waals surface area contributed by atoms with Crippen LogP contribution in [0.3, 0.4) is 0 Å². The minimum Gasteiger partial charge on any atom is -0.342 e. The molecule has 0 atom stereocenters. The van der Waals surface area contributed by atoms with Gasteiger partial charge in [0.05, 0.1) is 11.3 Å². The van der Waals surface area contributed by atoms with E-state index in [0.717, 1.165) is 9.37 Å². The first-order chi connectivity index (χ1) is 8.17. The molecule has 17 heavy (non-hydrogen) atoms. The van der Waals surface area contributed by atoms with Crippen molar-refractivity contribution >= 4 is 45.8 Å². The fraction of sp³-hybridized carbons (Fsp3) is 0.200. The predicted molar refractivity (Wildman–Crippen MR) is 67.9 cm³/mol. The molecule has 1 heterocycles. The summed E-state index contributed by atoms with van der Waals surface area (Å²) in [6.07, 6.45) is 1.92. The van der Waals surface area contributed by atoms with E-state index in [1.807, 2.05) is 6.26 Å². The van der Waals surface area contributed by atoms with E-state index in [-0.39, 0.29) is 12.6 Å². The van der Waals surface area contributed by atoms with Crippen LogP contribution < -0.4 is 10.4 Å². The highest BCUT2D eigenvalue weighted by Crippen LogP contribution is 2.34. The van der Waals surface area contributed by atoms with Crippen LogP contribution in [0.5, 0.6) is 0 Å². The summed E-state index contributed by atoms with van der Waals surface area (Å²) in [5, 5.41) is 3.95. The van der Waals surface area contributed by atoms with E-state index in [1.165, 1.54) is 16.8 Å². The van der Waals surface area contributed by atoms with Crippen LogP contribution >= 0.6 is 27.7 Å². The number of amides is 1. The lowest BCUT2D eigenvalue weighted by molar-refractivity contribution is -0.130. The summed E-state index contributed by atoms with van der Waals surface area (Å²) in [7, 11) is 0. The Morgan fingerprint density at radius 3 is 3.00 bits per heavy atom. The van der Waals surface area contributed by atoms with Gasteiger partial charge in [-0.15, -0.1) is 11.8 Å². The summed E-state index contributed by atoms with van der Waals surface area (Å²) in [6, 6.07) is 3.53. The molecule has 0 spiro atoms. The van der Waals surface area contributed by atoms with E-state index in [4.69, 9.17) is 4.84 Å². The molecule has 90 valence electrons. The number of hydroxylamine groups is 1. The molecule has 0 aliphatic carbocycles. The highest BCUT2D eigenvalue weighted by molar-refractivity contribution is 9.10. The fourth-order valence-corrected chi connectivity index (χ4v) is 2.86. The van der Waals surface area contributed by atoms with Crippen LogP contribution in [0.1, 0.15) is 10.4 Å². The SMILES string of the molecule is CSc1cc2c(cc1Br)N(OC=O)CNC2=O. The first-order valence-corrected chi connectivity index (χ1v) is 6.73. The molecule has 1 N–H and O–H groups in total. The van der Waals surface area contributed by atoms with Crippen molar-refractivity contribution in [2.45, 2.75) is 4.90 Å². The highest BCUT2D eigenvalue weighted by Gasteiger charge is 2.25. The first kappa shape index (κ1) is 12.3. The van der Waals surface area contributed by atoms with E-state index < -0.39 is 0 Å². The standard InChI is InChI=1S/C10H9BrN2O3S/c1-17-9-2-6-8(3-7(9)11)13(16-5-14)4-12-10(6)15/h2-3,5H,4H2,1H3,(H,12,15). The molecule has 0 saturated carbocycles. The molecule has 5 nitrogen and oxygen atoms in total. The van der Waals surface area contributed by atoms with Gasteiger partial charge in [0.25, 0.3) is 5.91 Å². The molecule has 2 rings (SSSR count). The Labute approximate surface area is 111 Å². The van der Waals surface area contributed by atoms with Gasteiger partial charge in [-0.1, -0.05) is 0 Å². The molecule has 7 heteroatoms. The number of hydrogen-bond acceptors (Lipinski definition) is 5. The van der Waals surface area contributed by atoms with Crippen LogP contribution in [0.25, 0.3) is 0 Å². The molecular weight excluding hydrogens is 308 g/mol. The fourth-order valence-electron chi connectivity index (χ4n) is 1.56. The average molecular weight is 317 g/mol. The lowest BCUT2D eigenvalue weighted by Crippen LogP contribution is -2.43. The zero-order valence-electron chi connectivity index (χ0n) is 8.90. The molecule has 0 aromatic heterocycles. The van der Waals surface area contributed by atoms with Crippen LogP contribution in [-0.2, 0) is 9.63 Å². The van der Waals surface area contributed by atoms with Crippen LogP contribution in [0.4, 0.5) is 5.69 Å². The van der Waals surface area contributed by atoms with E-state index in [2.05, 4.69) is 21.2 Å². The van der Waals surface area contributed by atoms with Crippen LogP contribution in [0.2, 0.25) is 0 Å². The van der Waals surface area contributed by atoms with Crippen LogP contribution in [-0.4, -0.2) is 25.3 Å². The van der Waals surface area contributed by atoms with Gasteiger partial charge < -0.3 is 10.2 Å². The summed E-state index contributed by atoms with van der Waals surface area (Å²) < 4.78 is 0.859. The largest absolute Gasteiger partial charge is 0.342 e. The second-order valence-corrected chi connectivity index (χ2v) is 4.95. The average Bonchev–Trinajstić information content (AvgIpc) is 2.32. The second-order valence-electron chi connectivity index (χ2n) is 3.25. The number of hydrogen-bond donors (Lipinski definition) is 1. The molecule has 0 unspecified atom stereocenters. The lowest BCUT2D eigenvalue weighted by Gasteiger charge is -2.28. The van der Waals surface area contributed by atoms with Crippen molar-refractivity contribution in [1.82, 2.24) is 5.32 Å². The van der Waals surface area contributed by atoms with Crippen molar-refractivity contribution in [3.05, 3.63) is 22.2 Å². The number of carbonyl (C=O) groups is 2. The van der Waals surface area contributed by atoms with Gasteiger partial charge in [0.15, 0.2) is 0 Å². The zero-order valence-corrected chi connectivity index (χ0v) is 11.3. The van der Waals surface area contributed by atoms with E-state index >= 15 is 0 Å². The number of rotatable bonds is 3. The maximum Gasteiger partial charge on any atom is 0.320 e. The number of carbonyl (C=O) groups excluding carboxylic acids is 2. The van der Waals surface area contributed by atoms with Gasteiger partial charge in [-0.05, 0) is 34.3 Å². The third-order valence-corrected chi connectivity index (χ3v) is 4.03. The van der Waals surface area contributed by atoms with E-state index in [0.29, 0.717) is 17.7 Å². The summed E-state index contributed by atoms with van der Waals surface area (Å²) in [6.45, 7) is 0.479. The topological polar surface area (TPSA) is 58.6 Å². The molecule has 1 aromatic carbocycles. The number of thioether (sulfide) groups is 1. The number of anilines is 1. The maximum atomic E-state index is 11.7. The highest BCUT2D eigenvalue weighted by atomic mass is 79.9. The van der Waals surface area contributed by atoms with Crippen molar-refractivity contribution in [2.24, 2.45) is 0 Å². The zero-order chi connectivity index (χ0) is 12.4. The van der Waals surface area contributed by atoms with Crippen molar-refractivity contribution in [2.75, 3.05) is 18.0 Å². The molecule has 1 aliphatic rings. The molecule has 0 saturated heterocycles. The Hall–Kier alpha value is -1.21. The Balaban J connectivity index is 2.51. The minimum atomic E-state index is -0.173. The van der Waals surface area contributed by atoms with Gasteiger partial charge in [0.2, 0.25) is 0 Å². The molecular formula is C10H9BrN2O3S. The van der Waals surface area contributed by atoms with Crippen molar-refractivity contribution in [1.29, 1.82) is 0 Å². The third kappa shape index (κ3) is 2.25. The Kier molecular flexibility index (Phi) is 3.58. The van der Waals surface area contributed by atoms with Gasteiger partial charge in [-0.25, -0.2) is 0 Å². The van der Waals surface area contributed by atoms with Crippen molar-refractivity contribution < 1.29 is 14.4 Å². The summed E-state index contributed by atoms with van der Waals surface area (Å²) in [5.41, 5.74) is 1.07. The number of nitrogens with one attached hydrogen (secondary N) is 1. The molecule has 0 fully saturated rings. The monoisotopic (exact) mass is 316 g/mol. The van der Waals surface area contributed by atoms with Gasteiger partial charge in [0.1, 0.15) is 6.67 Å². The number of fused-ring (bicyclic) bond motifs is 1. The van der Waals surface area contributed by atoms with Gasteiger partial charge in [-0.3, -0.25) is 9.59 Å². The smallest absolute Gasteiger partial charge is 0.320 e. The number of halogens is 1. The van der Waals surface area contributed by atoms with Crippen molar-refractivity contribution in [3.63, 3.8) is 0 Å².